The molecule has 10 nitrogen and oxygen atoms in total. The highest BCUT2D eigenvalue weighted by molar-refractivity contribution is 6.32. The lowest BCUT2D eigenvalue weighted by atomic mass is 9.76. The summed E-state index contributed by atoms with van der Waals surface area (Å²) in [7, 11) is 3.06. The molecule has 38 heavy (non-hydrogen) atoms. The number of methoxy groups -OCH3 is 2. The zero-order chi connectivity index (χ0) is 27.4. The first-order valence-electron chi connectivity index (χ1n) is 12.3. The van der Waals surface area contributed by atoms with E-state index in [0.29, 0.717) is 39.8 Å². The van der Waals surface area contributed by atoms with Gasteiger partial charge in [0.25, 0.3) is 0 Å². The number of ether oxygens (including phenoxy) is 2. The van der Waals surface area contributed by atoms with Gasteiger partial charge < -0.3 is 19.9 Å². The number of nitrogens with one attached hydrogen (secondary N) is 2. The van der Waals surface area contributed by atoms with E-state index < -0.39 is 47.1 Å². The SMILES string of the molecule is COc1ccc(CCN2C(=O)[C@H]3[C@@H](C2=O)[C@@]2(N[C@@H]3CCC(=O)O)C(=O)Nc3c2ccc(Cl)c3C)cc1OC. The number of anilines is 1. The molecule has 2 aromatic rings. The van der Waals surface area contributed by atoms with Gasteiger partial charge in [0.1, 0.15) is 5.54 Å². The van der Waals surface area contributed by atoms with E-state index in [2.05, 4.69) is 10.6 Å². The standard InChI is InChI=1S/C27H28ClN3O7/c1-13-16(28)6-5-15-23(13)29-26(36)27(15)22-21(17(30-27)7-9-20(32)33)24(34)31(25(22)35)11-10-14-4-8-18(37-2)19(12-14)38-3/h4-6,8,12,17,21-22,30H,7,9-11H2,1-3H3,(H,29,36)(H,32,33)/t17-,21-,22+,27-/m1/s1. The first kappa shape index (κ1) is 26.0. The summed E-state index contributed by atoms with van der Waals surface area (Å²) in [6, 6.07) is 8.05. The number of carbonyl (C=O) groups is 4. The number of carboxylic acid groups (broad SMARTS) is 1. The van der Waals surface area contributed by atoms with Crippen LogP contribution in [-0.4, -0.2) is 60.5 Å². The third-order valence-corrected chi connectivity index (χ3v) is 8.33. The molecule has 5 rings (SSSR count). The summed E-state index contributed by atoms with van der Waals surface area (Å²) in [6.45, 7) is 1.88. The van der Waals surface area contributed by atoms with E-state index in [4.69, 9.17) is 21.1 Å². The van der Waals surface area contributed by atoms with E-state index in [0.717, 1.165) is 5.56 Å². The fourth-order valence-corrected chi connectivity index (χ4v) is 6.23. The summed E-state index contributed by atoms with van der Waals surface area (Å²) >= 11 is 6.29. The molecule has 2 aromatic carbocycles. The molecule has 3 heterocycles. The molecule has 0 bridgehead atoms. The van der Waals surface area contributed by atoms with Crippen LogP contribution in [0.2, 0.25) is 5.02 Å². The van der Waals surface area contributed by atoms with Gasteiger partial charge in [-0.15, -0.1) is 0 Å². The fourth-order valence-electron chi connectivity index (χ4n) is 6.07. The van der Waals surface area contributed by atoms with Crippen LogP contribution in [0.4, 0.5) is 5.69 Å². The van der Waals surface area contributed by atoms with Crippen LogP contribution in [0.1, 0.15) is 29.5 Å². The van der Waals surface area contributed by atoms with Crippen LogP contribution in [-0.2, 0) is 31.1 Å². The molecule has 3 aliphatic rings. The molecular weight excluding hydrogens is 514 g/mol. The average Bonchev–Trinajstić information content (AvgIpc) is 3.48. The maximum absolute atomic E-state index is 13.9. The second kappa shape index (κ2) is 9.59. The van der Waals surface area contributed by atoms with Crippen molar-refractivity contribution in [2.45, 2.75) is 37.8 Å². The number of rotatable bonds is 8. The van der Waals surface area contributed by atoms with E-state index in [1.165, 1.54) is 19.1 Å². The zero-order valence-corrected chi connectivity index (χ0v) is 21.9. The van der Waals surface area contributed by atoms with Crippen LogP contribution in [0, 0.1) is 18.8 Å². The number of fused-ring (bicyclic) bond motifs is 4. The topological polar surface area (TPSA) is 134 Å². The van der Waals surface area contributed by atoms with Crippen molar-refractivity contribution in [1.29, 1.82) is 0 Å². The van der Waals surface area contributed by atoms with Crippen molar-refractivity contribution in [3.05, 3.63) is 52.0 Å². The number of imide groups is 1. The Hall–Kier alpha value is -3.63. The number of amides is 3. The summed E-state index contributed by atoms with van der Waals surface area (Å²) in [4.78, 5) is 53.7. The van der Waals surface area contributed by atoms with Gasteiger partial charge in [-0.25, -0.2) is 0 Å². The number of carbonyl (C=O) groups excluding carboxylic acids is 3. The summed E-state index contributed by atoms with van der Waals surface area (Å²) in [5, 5.41) is 15.9. The van der Waals surface area contributed by atoms with Gasteiger partial charge >= 0.3 is 5.97 Å². The summed E-state index contributed by atoms with van der Waals surface area (Å²) < 4.78 is 10.6. The number of likely N-dealkylation sites (tertiary alicyclic amines) is 1. The van der Waals surface area contributed by atoms with Gasteiger partial charge in [0.05, 0.1) is 31.7 Å². The molecule has 2 fully saturated rings. The van der Waals surface area contributed by atoms with Gasteiger partial charge in [0, 0.05) is 29.6 Å². The number of halogens is 1. The number of hydrogen-bond acceptors (Lipinski definition) is 7. The number of nitrogens with zero attached hydrogens (tertiary/aromatic N) is 1. The third-order valence-electron chi connectivity index (χ3n) is 7.92. The number of aliphatic carboxylic acids is 1. The first-order valence-corrected chi connectivity index (χ1v) is 12.7. The number of hydrogen-bond donors (Lipinski definition) is 3. The lowest BCUT2D eigenvalue weighted by molar-refractivity contribution is -0.143. The second-order valence-corrected chi connectivity index (χ2v) is 10.2. The second-order valence-electron chi connectivity index (χ2n) is 9.81. The Morgan fingerprint density at radius 3 is 2.53 bits per heavy atom. The Labute approximate surface area is 224 Å². The van der Waals surface area contributed by atoms with Crippen LogP contribution in [0.15, 0.2) is 30.3 Å². The van der Waals surface area contributed by atoms with Gasteiger partial charge in [-0.3, -0.25) is 29.4 Å². The largest absolute Gasteiger partial charge is 0.493 e. The molecule has 200 valence electrons. The maximum atomic E-state index is 13.9. The van der Waals surface area contributed by atoms with Crippen molar-refractivity contribution in [1.82, 2.24) is 10.2 Å². The molecule has 0 radical (unpaired) electrons. The molecule has 1 spiro atoms. The minimum Gasteiger partial charge on any atom is -0.493 e. The molecule has 0 aliphatic carbocycles. The summed E-state index contributed by atoms with van der Waals surface area (Å²) in [5.41, 5.74) is 1.05. The van der Waals surface area contributed by atoms with E-state index in [1.54, 1.807) is 31.2 Å². The minimum absolute atomic E-state index is 0.0932. The van der Waals surface area contributed by atoms with E-state index in [-0.39, 0.29) is 19.4 Å². The van der Waals surface area contributed by atoms with Crippen molar-refractivity contribution in [2.24, 2.45) is 11.8 Å². The maximum Gasteiger partial charge on any atom is 0.303 e. The third kappa shape index (κ3) is 3.82. The molecule has 11 heteroatoms. The average molecular weight is 542 g/mol. The van der Waals surface area contributed by atoms with E-state index >= 15 is 0 Å². The molecule has 3 N–H and O–H groups in total. The Kier molecular flexibility index (Phi) is 6.56. The van der Waals surface area contributed by atoms with Gasteiger partial charge in [-0.2, -0.15) is 0 Å². The molecule has 0 saturated carbocycles. The van der Waals surface area contributed by atoms with E-state index in [9.17, 15) is 24.3 Å². The molecule has 2 saturated heterocycles. The van der Waals surface area contributed by atoms with Gasteiger partial charge in [-0.1, -0.05) is 23.7 Å². The van der Waals surface area contributed by atoms with Crippen LogP contribution in [0.5, 0.6) is 11.5 Å². The predicted molar refractivity (Wildman–Crippen MR) is 137 cm³/mol. The molecule has 3 aliphatic heterocycles. The van der Waals surface area contributed by atoms with Crippen molar-refractivity contribution in [3.8, 4) is 11.5 Å². The summed E-state index contributed by atoms with van der Waals surface area (Å²) in [5.74, 6) is -3.13. The molecule has 0 aromatic heterocycles. The highest BCUT2D eigenvalue weighted by Crippen LogP contribution is 2.54. The molecule has 3 amide bonds. The predicted octanol–water partition coefficient (Wildman–Crippen LogP) is 2.49. The molecular formula is C27H28ClN3O7. The normalized spacial score (nSPS) is 25.5. The van der Waals surface area contributed by atoms with E-state index in [1.807, 2.05) is 6.07 Å². The minimum atomic E-state index is -1.50. The van der Waals surface area contributed by atoms with Crippen LogP contribution in [0.3, 0.4) is 0 Å². The summed E-state index contributed by atoms with van der Waals surface area (Å²) in [6.07, 6.45) is 0.253. The van der Waals surface area contributed by atoms with Crippen LogP contribution >= 0.6 is 11.6 Å². The molecule has 4 atom stereocenters. The van der Waals surface area contributed by atoms with Gasteiger partial charge in [0.2, 0.25) is 17.7 Å². The van der Waals surface area contributed by atoms with Crippen LogP contribution in [0.25, 0.3) is 0 Å². The van der Waals surface area contributed by atoms with Gasteiger partial charge in [0.15, 0.2) is 11.5 Å². The quantitative estimate of drug-likeness (QED) is 0.434. The smallest absolute Gasteiger partial charge is 0.303 e. The van der Waals surface area contributed by atoms with Crippen molar-refractivity contribution in [2.75, 3.05) is 26.1 Å². The number of benzene rings is 2. The monoisotopic (exact) mass is 541 g/mol. The lowest BCUT2D eigenvalue weighted by Gasteiger charge is -2.29. The zero-order valence-electron chi connectivity index (χ0n) is 21.2. The Balaban J connectivity index is 1.50. The highest BCUT2D eigenvalue weighted by Gasteiger charge is 2.70. The Morgan fingerprint density at radius 1 is 1.11 bits per heavy atom. The van der Waals surface area contributed by atoms with Crippen LogP contribution < -0.4 is 20.1 Å². The lowest BCUT2D eigenvalue weighted by Crippen LogP contribution is -2.53. The Bertz CT molecular complexity index is 1360. The molecule has 0 unspecified atom stereocenters. The van der Waals surface area contributed by atoms with Gasteiger partial charge in [-0.05, 0) is 49.1 Å². The number of carboxylic acids is 1. The Morgan fingerprint density at radius 2 is 1.84 bits per heavy atom. The van der Waals surface area contributed by atoms with Crippen molar-refractivity contribution in [3.63, 3.8) is 0 Å². The highest BCUT2D eigenvalue weighted by atomic mass is 35.5. The fraction of sp³-hybridized carbons (Fsp3) is 0.407. The van der Waals surface area contributed by atoms with Crippen molar-refractivity contribution >= 4 is 41.0 Å². The first-order chi connectivity index (χ1) is 18.1. The van der Waals surface area contributed by atoms with Crippen molar-refractivity contribution < 1.29 is 33.8 Å².